The standard InChI is InChI=1S/C11H19NO3/c13-7-8-15-10-3-5-12(6-4-10)11(14)9-1-2-9/h9-10,13H,1-8H2. The van der Waals surface area contributed by atoms with Crippen LogP contribution in [0.4, 0.5) is 0 Å². The van der Waals surface area contributed by atoms with Crippen LogP contribution in [0.1, 0.15) is 25.7 Å². The van der Waals surface area contributed by atoms with Gasteiger partial charge in [-0.1, -0.05) is 0 Å². The molecule has 0 radical (unpaired) electrons. The Morgan fingerprint density at radius 1 is 1.27 bits per heavy atom. The molecule has 1 saturated heterocycles. The lowest BCUT2D eigenvalue weighted by Crippen LogP contribution is -2.41. The molecule has 0 aromatic rings. The first-order chi connectivity index (χ1) is 7.31. The van der Waals surface area contributed by atoms with Gasteiger partial charge in [-0.15, -0.1) is 0 Å². The molecule has 0 unspecified atom stereocenters. The average Bonchev–Trinajstić information content (AvgIpc) is 3.10. The number of hydrogen-bond donors (Lipinski definition) is 1. The molecular formula is C11H19NO3. The van der Waals surface area contributed by atoms with Crippen molar-refractivity contribution in [1.29, 1.82) is 0 Å². The molecule has 0 bridgehead atoms. The molecule has 1 amide bonds. The summed E-state index contributed by atoms with van der Waals surface area (Å²) in [6, 6.07) is 0. The van der Waals surface area contributed by atoms with Crippen LogP contribution >= 0.6 is 0 Å². The Bertz CT molecular complexity index is 220. The second kappa shape index (κ2) is 4.94. The number of carbonyl (C=O) groups excluding carboxylic acids is 1. The average molecular weight is 213 g/mol. The van der Waals surface area contributed by atoms with Crippen LogP contribution in [0.5, 0.6) is 0 Å². The molecule has 15 heavy (non-hydrogen) atoms. The van der Waals surface area contributed by atoms with Gasteiger partial charge < -0.3 is 14.7 Å². The Kier molecular flexibility index (Phi) is 3.59. The van der Waals surface area contributed by atoms with Gasteiger partial charge in [-0.2, -0.15) is 0 Å². The molecular weight excluding hydrogens is 194 g/mol. The van der Waals surface area contributed by atoms with E-state index in [-0.39, 0.29) is 12.7 Å². The topological polar surface area (TPSA) is 49.8 Å². The van der Waals surface area contributed by atoms with E-state index in [9.17, 15) is 4.79 Å². The molecule has 0 atom stereocenters. The van der Waals surface area contributed by atoms with Gasteiger partial charge in [-0.05, 0) is 25.7 Å². The molecule has 4 nitrogen and oxygen atoms in total. The van der Waals surface area contributed by atoms with Crippen molar-refractivity contribution in [2.24, 2.45) is 5.92 Å². The Balaban J connectivity index is 1.69. The van der Waals surface area contributed by atoms with Gasteiger partial charge >= 0.3 is 0 Å². The molecule has 1 aliphatic heterocycles. The minimum Gasteiger partial charge on any atom is -0.394 e. The maximum absolute atomic E-state index is 11.7. The lowest BCUT2D eigenvalue weighted by Gasteiger charge is -2.32. The van der Waals surface area contributed by atoms with Crippen LogP contribution in [0.2, 0.25) is 0 Å². The predicted octanol–water partition coefficient (Wildman–Crippen LogP) is 0.396. The van der Waals surface area contributed by atoms with E-state index in [4.69, 9.17) is 9.84 Å². The Morgan fingerprint density at radius 2 is 1.93 bits per heavy atom. The maximum atomic E-state index is 11.7. The largest absolute Gasteiger partial charge is 0.394 e. The number of aliphatic hydroxyl groups is 1. The van der Waals surface area contributed by atoms with Gasteiger partial charge in [0.05, 0.1) is 19.3 Å². The normalized spacial score (nSPS) is 23.1. The Labute approximate surface area is 90.2 Å². The van der Waals surface area contributed by atoms with Crippen LogP contribution < -0.4 is 0 Å². The SMILES string of the molecule is O=C(C1CC1)N1CCC(OCCO)CC1. The van der Waals surface area contributed by atoms with Gasteiger partial charge in [0.2, 0.25) is 5.91 Å². The molecule has 1 N–H and O–H groups in total. The molecule has 0 aromatic carbocycles. The van der Waals surface area contributed by atoms with E-state index in [0.717, 1.165) is 38.8 Å². The van der Waals surface area contributed by atoms with E-state index in [1.54, 1.807) is 0 Å². The van der Waals surface area contributed by atoms with Crippen LogP contribution in [0.3, 0.4) is 0 Å². The minimum absolute atomic E-state index is 0.0845. The van der Waals surface area contributed by atoms with Gasteiger partial charge in [0.25, 0.3) is 0 Å². The highest BCUT2D eigenvalue weighted by Gasteiger charge is 2.34. The fraction of sp³-hybridized carbons (Fsp3) is 0.909. The van der Waals surface area contributed by atoms with E-state index in [1.807, 2.05) is 4.90 Å². The van der Waals surface area contributed by atoms with Crippen molar-refractivity contribution >= 4 is 5.91 Å². The number of hydrogen-bond acceptors (Lipinski definition) is 3. The quantitative estimate of drug-likeness (QED) is 0.735. The monoisotopic (exact) mass is 213 g/mol. The molecule has 1 heterocycles. The molecule has 0 spiro atoms. The fourth-order valence-corrected chi connectivity index (χ4v) is 2.05. The smallest absolute Gasteiger partial charge is 0.225 e. The van der Waals surface area contributed by atoms with Crippen LogP contribution in [0.15, 0.2) is 0 Å². The van der Waals surface area contributed by atoms with Crippen LogP contribution in [-0.2, 0) is 9.53 Å². The number of piperidine rings is 1. The zero-order chi connectivity index (χ0) is 10.7. The summed E-state index contributed by atoms with van der Waals surface area (Å²) in [5.41, 5.74) is 0. The van der Waals surface area contributed by atoms with E-state index in [1.165, 1.54) is 0 Å². The summed E-state index contributed by atoms with van der Waals surface area (Å²) in [7, 11) is 0. The minimum atomic E-state index is 0.0845. The molecule has 2 fully saturated rings. The predicted molar refractivity (Wildman–Crippen MR) is 55.4 cm³/mol. The lowest BCUT2D eigenvalue weighted by atomic mass is 10.1. The van der Waals surface area contributed by atoms with Crippen molar-refractivity contribution in [2.75, 3.05) is 26.3 Å². The summed E-state index contributed by atoms with van der Waals surface area (Å²) in [6.07, 6.45) is 4.23. The summed E-state index contributed by atoms with van der Waals surface area (Å²) in [5.74, 6) is 0.676. The van der Waals surface area contributed by atoms with E-state index in [0.29, 0.717) is 18.4 Å². The van der Waals surface area contributed by atoms with E-state index >= 15 is 0 Å². The summed E-state index contributed by atoms with van der Waals surface area (Å²) < 4.78 is 5.45. The van der Waals surface area contributed by atoms with Crippen molar-refractivity contribution in [2.45, 2.75) is 31.8 Å². The summed E-state index contributed by atoms with van der Waals surface area (Å²) in [6.45, 7) is 2.15. The zero-order valence-corrected chi connectivity index (χ0v) is 9.02. The van der Waals surface area contributed by atoms with Crippen molar-refractivity contribution in [3.8, 4) is 0 Å². The lowest BCUT2D eigenvalue weighted by molar-refractivity contribution is -0.135. The zero-order valence-electron chi connectivity index (χ0n) is 9.02. The van der Waals surface area contributed by atoms with Gasteiger partial charge in [-0.3, -0.25) is 4.79 Å². The number of aliphatic hydroxyl groups excluding tert-OH is 1. The van der Waals surface area contributed by atoms with Crippen molar-refractivity contribution in [3.63, 3.8) is 0 Å². The number of nitrogens with zero attached hydrogens (tertiary/aromatic N) is 1. The Morgan fingerprint density at radius 3 is 2.47 bits per heavy atom. The third-order valence-corrected chi connectivity index (χ3v) is 3.13. The van der Waals surface area contributed by atoms with Crippen molar-refractivity contribution in [1.82, 2.24) is 4.90 Å². The second-order valence-electron chi connectivity index (χ2n) is 4.39. The summed E-state index contributed by atoms with van der Waals surface area (Å²) in [5, 5.41) is 8.63. The molecule has 86 valence electrons. The van der Waals surface area contributed by atoms with E-state index in [2.05, 4.69) is 0 Å². The highest BCUT2D eigenvalue weighted by molar-refractivity contribution is 5.81. The van der Waals surface area contributed by atoms with Crippen molar-refractivity contribution < 1.29 is 14.6 Å². The van der Waals surface area contributed by atoms with Crippen LogP contribution in [-0.4, -0.2) is 48.3 Å². The summed E-state index contributed by atoms with van der Waals surface area (Å²) >= 11 is 0. The number of amides is 1. The van der Waals surface area contributed by atoms with Crippen LogP contribution in [0.25, 0.3) is 0 Å². The van der Waals surface area contributed by atoms with Gasteiger partial charge in [0, 0.05) is 19.0 Å². The first-order valence-electron chi connectivity index (χ1n) is 5.82. The number of likely N-dealkylation sites (tertiary alicyclic amines) is 1. The highest BCUT2D eigenvalue weighted by Crippen LogP contribution is 2.32. The first kappa shape index (κ1) is 10.9. The fourth-order valence-electron chi connectivity index (χ4n) is 2.05. The van der Waals surface area contributed by atoms with Crippen molar-refractivity contribution in [3.05, 3.63) is 0 Å². The van der Waals surface area contributed by atoms with Gasteiger partial charge in [0.1, 0.15) is 0 Å². The second-order valence-corrected chi connectivity index (χ2v) is 4.39. The molecule has 1 aliphatic carbocycles. The summed E-state index contributed by atoms with van der Waals surface area (Å²) in [4.78, 5) is 13.7. The third-order valence-electron chi connectivity index (χ3n) is 3.13. The number of ether oxygens (including phenoxy) is 1. The molecule has 0 aromatic heterocycles. The van der Waals surface area contributed by atoms with Crippen LogP contribution in [0, 0.1) is 5.92 Å². The number of carbonyl (C=O) groups is 1. The molecule has 4 heteroatoms. The number of rotatable bonds is 4. The third kappa shape index (κ3) is 2.92. The highest BCUT2D eigenvalue weighted by atomic mass is 16.5. The molecule has 2 rings (SSSR count). The molecule has 2 aliphatic rings. The molecule has 1 saturated carbocycles. The van der Waals surface area contributed by atoms with Gasteiger partial charge in [0.15, 0.2) is 0 Å². The van der Waals surface area contributed by atoms with Gasteiger partial charge in [-0.25, -0.2) is 0 Å². The Hall–Kier alpha value is -0.610. The van der Waals surface area contributed by atoms with E-state index < -0.39 is 0 Å². The first-order valence-corrected chi connectivity index (χ1v) is 5.82. The maximum Gasteiger partial charge on any atom is 0.225 e.